The zero-order valence-corrected chi connectivity index (χ0v) is 15.0. The largest absolute Gasteiger partial charge is 0.508 e. The molecule has 28 heavy (non-hydrogen) atoms. The number of primary amides is 1. The molecule has 0 fully saturated rings. The van der Waals surface area contributed by atoms with Crippen molar-refractivity contribution in [2.75, 3.05) is 19.7 Å². The zero-order chi connectivity index (χ0) is 20.3. The fraction of sp³-hybridized carbons (Fsp3) is 0.263. The third-order valence-corrected chi connectivity index (χ3v) is 4.50. The van der Waals surface area contributed by atoms with Crippen LogP contribution in [0, 0.1) is 0 Å². The van der Waals surface area contributed by atoms with Crippen LogP contribution in [-0.2, 0) is 13.0 Å². The van der Waals surface area contributed by atoms with E-state index >= 15 is 0 Å². The van der Waals surface area contributed by atoms with E-state index in [1.165, 1.54) is 18.2 Å². The summed E-state index contributed by atoms with van der Waals surface area (Å²) in [6.45, 7) is 0.619. The van der Waals surface area contributed by atoms with Crippen LogP contribution < -0.4 is 10.5 Å². The number of ether oxygens (including phenoxy) is 1. The topological polar surface area (TPSA) is 137 Å². The van der Waals surface area contributed by atoms with E-state index in [0.29, 0.717) is 34.9 Å². The fourth-order valence-electron chi connectivity index (χ4n) is 3.02. The number of hydrogen-bond acceptors (Lipinski definition) is 6. The van der Waals surface area contributed by atoms with Gasteiger partial charge in [0.1, 0.15) is 23.9 Å². The van der Waals surface area contributed by atoms with Crippen LogP contribution in [0.3, 0.4) is 0 Å². The van der Waals surface area contributed by atoms with Gasteiger partial charge in [-0.1, -0.05) is 0 Å². The van der Waals surface area contributed by atoms with Gasteiger partial charge in [0.15, 0.2) is 0 Å². The standard InChI is InChI=1S/C19H21N3O6/c20-19(26)22(27)7-8-28-15-2-3-16-12(10-15)5-6-21(18(16)25)11-13-9-14(23)1-4-17(13)24/h1-4,9-10,23-24,27H,5-8,11H2,(H2,20,26). The number of hydrogen-bond donors (Lipinski definition) is 4. The molecule has 2 aromatic carbocycles. The third kappa shape index (κ3) is 4.26. The first-order valence-corrected chi connectivity index (χ1v) is 8.67. The van der Waals surface area contributed by atoms with Gasteiger partial charge < -0.3 is 25.6 Å². The lowest BCUT2D eigenvalue weighted by molar-refractivity contribution is -0.0464. The fourth-order valence-corrected chi connectivity index (χ4v) is 3.02. The summed E-state index contributed by atoms with van der Waals surface area (Å²) in [5.41, 5.74) is 6.76. The number of benzene rings is 2. The third-order valence-electron chi connectivity index (χ3n) is 4.50. The SMILES string of the molecule is NC(=O)N(O)CCOc1ccc2c(c1)CCN(Cc1cc(O)ccc1O)C2=O. The van der Waals surface area contributed by atoms with Gasteiger partial charge in [0.25, 0.3) is 5.91 Å². The summed E-state index contributed by atoms with van der Waals surface area (Å²) in [6, 6.07) is 8.30. The minimum absolute atomic E-state index is 0.0223. The number of phenols is 2. The van der Waals surface area contributed by atoms with E-state index in [-0.39, 0.29) is 37.1 Å². The highest BCUT2D eigenvalue weighted by molar-refractivity contribution is 5.97. The predicted octanol–water partition coefficient (Wildman–Crippen LogP) is 1.44. The summed E-state index contributed by atoms with van der Waals surface area (Å²) in [4.78, 5) is 25.1. The van der Waals surface area contributed by atoms with Gasteiger partial charge in [-0.3, -0.25) is 10.0 Å². The maximum Gasteiger partial charge on any atom is 0.338 e. The second-order valence-corrected chi connectivity index (χ2v) is 6.42. The predicted molar refractivity (Wildman–Crippen MR) is 98.2 cm³/mol. The van der Waals surface area contributed by atoms with Gasteiger partial charge in [0.05, 0.1) is 6.54 Å². The van der Waals surface area contributed by atoms with Gasteiger partial charge in [-0.2, -0.15) is 0 Å². The molecule has 1 aliphatic rings. The number of hydroxylamine groups is 2. The Morgan fingerprint density at radius 2 is 2.00 bits per heavy atom. The Kier molecular flexibility index (Phi) is 5.55. The first-order chi connectivity index (χ1) is 13.3. The summed E-state index contributed by atoms with van der Waals surface area (Å²) >= 11 is 0. The van der Waals surface area contributed by atoms with Crippen molar-refractivity contribution in [2.45, 2.75) is 13.0 Å². The van der Waals surface area contributed by atoms with Crippen LogP contribution in [0.2, 0.25) is 0 Å². The van der Waals surface area contributed by atoms with Gasteiger partial charge >= 0.3 is 6.03 Å². The first kappa shape index (κ1) is 19.3. The first-order valence-electron chi connectivity index (χ1n) is 8.67. The minimum Gasteiger partial charge on any atom is -0.508 e. The normalized spacial score (nSPS) is 13.2. The molecule has 9 heteroatoms. The van der Waals surface area contributed by atoms with Crippen LogP contribution in [0.4, 0.5) is 4.79 Å². The summed E-state index contributed by atoms with van der Waals surface area (Å²) < 4.78 is 5.48. The molecule has 0 bridgehead atoms. The highest BCUT2D eigenvalue weighted by Crippen LogP contribution is 2.28. The summed E-state index contributed by atoms with van der Waals surface area (Å²) in [7, 11) is 0. The molecule has 0 radical (unpaired) electrons. The number of nitrogens with zero attached hydrogens (tertiary/aromatic N) is 2. The van der Waals surface area contributed by atoms with E-state index in [9.17, 15) is 25.0 Å². The van der Waals surface area contributed by atoms with Crippen molar-refractivity contribution in [1.29, 1.82) is 0 Å². The Balaban J connectivity index is 1.66. The summed E-state index contributed by atoms with van der Waals surface area (Å²) in [6.07, 6.45) is 0.602. The number of aromatic hydroxyl groups is 2. The lowest BCUT2D eigenvalue weighted by atomic mass is 9.98. The maximum atomic E-state index is 12.8. The number of nitrogens with two attached hydrogens (primary N) is 1. The van der Waals surface area contributed by atoms with E-state index in [2.05, 4.69) is 0 Å². The Hall–Kier alpha value is -3.46. The molecular formula is C19H21N3O6. The van der Waals surface area contributed by atoms with Gasteiger partial charge in [-0.15, -0.1) is 0 Å². The average molecular weight is 387 g/mol. The molecule has 0 atom stereocenters. The Morgan fingerprint density at radius 3 is 2.75 bits per heavy atom. The van der Waals surface area contributed by atoms with Crippen molar-refractivity contribution in [3.05, 3.63) is 53.1 Å². The second kappa shape index (κ2) is 8.05. The van der Waals surface area contributed by atoms with E-state index in [1.807, 2.05) is 0 Å². The van der Waals surface area contributed by atoms with Crippen LogP contribution in [0.5, 0.6) is 17.2 Å². The lowest BCUT2D eigenvalue weighted by Gasteiger charge is -2.29. The number of carbonyl (C=O) groups is 2. The minimum atomic E-state index is -0.961. The average Bonchev–Trinajstić information content (AvgIpc) is 2.66. The Bertz CT molecular complexity index is 901. The molecule has 0 unspecified atom stereocenters. The van der Waals surface area contributed by atoms with E-state index in [0.717, 1.165) is 5.56 Å². The van der Waals surface area contributed by atoms with Crippen molar-refractivity contribution >= 4 is 11.9 Å². The molecule has 9 nitrogen and oxygen atoms in total. The van der Waals surface area contributed by atoms with Gasteiger partial charge in [0.2, 0.25) is 0 Å². The molecule has 148 valence electrons. The highest BCUT2D eigenvalue weighted by atomic mass is 16.5. The van der Waals surface area contributed by atoms with Gasteiger partial charge in [-0.25, -0.2) is 9.86 Å². The lowest BCUT2D eigenvalue weighted by Crippen LogP contribution is -2.37. The molecule has 2 aromatic rings. The van der Waals surface area contributed by atoms with E-state index in [4.69, 9.17) is 10.5 Å². The van der Waals surface area contributed by atoms with E-state index < -0.39 is 6.03 Å². The second-order valence-electron chi connectivity index (χ2n) is 6.42. The highest BCUT2D eigenvalue weighted by Gasteiger charge is 2.25. The molecule has 0 aliphatic carbocycles. The van der Waals surface area contributed by atoms with Crippen molar-refractivity contribution < 1.29 is 29.7 Å². The molecule has 0 saturated carbocycles. The molecular weight excluding hydrogens is 366 g/mol. The molecule has 1 heterocycles. The van der Waals surface area contributed by atoms with Crippen LogP contribution in [0.1, 0.15) is 21.5 Å². The zero-order valence-electron chi connectivity index (χ0n) is 15.0. The molecule has 5 N–H and O–H groups in total. The van der Waals surface area contributed by atoms with Crippen molar-refractivity contribution in [2.24, 2.45) is 5.73 Å². The van der Waals surface area contributed by atoms with Crippen LogP contribution >= 0.6 is 0 Å². The van der Waals surface area contributed by atoms with Crippen molar-refractivity contribution in [3.8, 4) is 17.2 Å². The number of urea groups is 1. The van der Waals surface area contributed by atoms with Crippen LogP contribution in [0.25, 0.3) is 0 Å². The number of fused-ring (bicyclic) bond motifs is 1. The Morgan fingerprint density at radius 1 is 1.21 bits per heavy atom. The summed E-state index contributed by atoms with van der Waals surface area (Å²) in [5, 5.41) is 29.1. The summed E-state index contributed by atoms with van der Waals surface area (Å²) in [5.74, 6) is 0.389. The Labute approximate surface area is 161 Å². The number of rotatable bonds is 6. The molecule has 3 amide bonds. The maximum absolute atomic E-state index is 12.8. The molecule has 0 aromatic heterocycles. The van der Waals surface area contributed by atoms with Crippen LogP contribution in [-0.4, -0.2) is 57.0 Å². The number of carbonyl (C=O) groups excluding carboxylic acids is 2. The molecule has 3 rings (SSSR count). The molecule has 0 saturated heterocycles. The van der Waals surface area contributed by atoms with Gasteiger partial charge in [-0.05, 0) is 48.4 Å². The smallest absolute Gasteiger partial charge is 0.338 e. The van der Waals surface area contributed by atoms with Crippen LogP contribution in [0.15, 0.2) is 36.4 Å². The van der Waals surface area contributed by atoms with Crippen molar-refractivity contribution in [3.63, 3.8) is 0 Å². The quantitative estimate of drug-likeness (QED) is 0.336. The monoisotopic (exact) mass is 387 g/mol. The van der Waals surface area contributed by atoms with Gasteiger partial charge in [0, 0.05) is 24.2 Å². The van der Waals surface area contributed by atoms with Crippen molar-refractivity contribution in [1.82, 2.24) is 9.96 Å². The molecule has 0 spiro atoms. The van der Waals surface area contributed by atoms with E-state index in [1.54, 1.807) is 23.1 Å². The number of amides is 3. The molecule has 1 aliphatic heterocycles. The number of phenolic OH excluding ortho intramolecular Hbond substituents is 2.